The molecule has 0 aromatic heterocycles. The van der Waals surface area contributed by atoms with E-state index in [1.807, 2.05) is 32.9 Å². The van der Waals surface area contributed by atoms with Gasteiger partial charge in [-0.15, -0.1) is 0 Å². The van der Waals surface area contributed by atoms with Gasteiger partial charge in [0, 0.05) is 27.6 Å². The summed E-state index contributed by atoms with van der Waals surface area (Å²) in [6.07, 6.45) is 0.360. The molecule has 64 heavy (non-hydrogen) atoms. The molecule has 0 saturated heterocycles. The van der Waals surface area contributed by atoms with Crippen molar-refractivity contribution in [2.45, 2.75) is 88.0 Å². The standard InChI is InChI=1S/C50H50F2N2O8S2/c1-48(2,3)27-33-22-32(47(55)40-24-31(36-12-10-14-43(51)41(36)28-53)17-20-38(40)37-13-11-15-44(52)42(37)29-54)18-21-45(33)62-34-19-16-30-23-35(63(56,57,58)49(4,5)6)26-46(39(30)25-34)64(59,60,61)50(7,8)9/h10-26H,27H2,1-9H3,(H2,56,57,58)(H2,59,60,61). The number of carbonyl (C=O) groups excluding carboxylic acids is 1. The third-order valence-electron chi connectivity index (χ3n) is 11.3. The maximum atomic E-state index is 15.0. The first kappa shape index (κ1) is 47.5. The Morgan fingerprint density at radius 3 is 1.80 bits per heavy atom. The third kappa shape index (κ3) is 8.41. The van der Waals surface area contributed by atoms with E-state index >= 15 is 4.39 Å². The number of fused-ring (bicyclic) bond motifs is 1. The lowest BCUT2D eigenvalue weighted by Crippen LogP contribution is -2.51. The van der Waals surface area contributed by atoms with Crippen molar-refractivity contribution < 1.29 is 44.9 Å². The number of halogens is 2. The van der Waals surface area contributed by atoms with Crippen LogP contribution in [0.25, 0.3) is 33.0 Å². The van der Waals surface area contributed by atoms with Crippen LogP contribution in [0.4, 0.5) is 8.78 Å². The predicted octanol–water partition coefficient (Wildman–Crippen LogP) is 12.7. The minimum absolute atomic E-state index is 0.00118. The molecule has 4 N–H and O–H groups in total. The van der Waals surface area contributed by atoms with Gasteiger partial charge >= 0.3 is 0 Å². The van der Waals surface area contributed by atoms with E-state index in [0.29, 0.717) is 17.5 Å². The molecular formula is C50H50F2N2O8S2. The van der Waals surface area contributed by atoms with Crippen LogP contribution >= 0.6 is 0 Å². The fraction of sp³-hybridized carbons (Fsp3) is 0.260. The molecule has 0 amide bonds. The summed E-state index contributed by atoms with van der Waals surface area (Å²) in [4.78, 5) is 13.6. The van der Waals surface area contributed by atoms with Crippen molar-refractivity contribution in [3.8, 4) is 45.9 Å². The Labute approximate surface area is 371 Å². The van der Waals surface area contributed by atoms with Gasteiger partial charge in [0.25, 0.3) is 0 Å². The van der Waals surface area contributed by atoms with Crippen molar-refractivity contribution in [1.82, 2.24) is 0 Å². The Balaban J connectivity index is 1.54. The first-order valence-corrected chi connectivity index (χ1v) is 23.9. The Bertz CT molecular complexity index is 3150. The molecular weight excluding hydrogens is 859 g/mol. The summed E-state index contributed by atoms with van der Waals surface area (Å²) in [5, 5.41) is 19.9. The molecule has 14 heteroatoms. The van der Waals surface area contributed by atoms with Gasteiger partial charge in [0.2, 0.25) is 0 Å². The summed E-state index contributed by atoms with van der Waals surface area (Å²) in [6, 6.07) is 27.7. The van der Waals surface area contributed by atoms with Crippen LogP contribution in [-0.2, 0) is 25.7 Å². The van der Waals surface area contributed by atoms with E-state index < -0.39 is 56.0 Å². The Hall–Kier alpha value is -5.97. The van der Waals surface area contributed by atoms with E-state index in [1.54, 1.807) is 24.3 Å². The van der Waals surface area contributed by atoms with Gasteiger partial charge in [0.05, 0.1) is 30.4 Å². The molecule has 6 rings (SSSR count). The number of nitriles is 2. The molecule has 0 aliphatic rings. The van der Waals surface area contributed by atoms with Crippen LogP contribution < -0.4 is 4.74 Å². The highest BCUT2D eigenvalue weighted by Crippen LogP contribution is 2.50. The number of rotatable bonds is 9. The third-order valence-corrected chi connectivity index (χ3v) is 17.9. The fourth-order valence-corrected chi connectivity index (χ4v) is 10.3. The average Bonchev–Trinajstić information content (AvgIpc) is 3.18. The topological polar surface area (TPSA) is 189 Å². The number of ketones is 1. The summed E-state index contributed by atoms with van der Waals surface area (Å²) in [5.74, 6) is -1.67. The second-order valence-electron chi connectivity index (χ2n) is 19.1. The molecule has 0 saturated carbocycles. The Kier molecular flexibility index (Phi) is 11.6. The van der Waals surface area contributed by atoms with Gasteiger partial charge in [-0.25, -0.2) is 17.2 Å². The van der Waals surface area contributed by atoms with Gasteiger partial charge in [0.1, 0.15) is 54.5 Å². The second kappa shape index (κ2) is 15.6. The lowest BCUT2D eigenvalue weighted by atomic mass is 9.85. The van der Waals surface area contributed by atoms with E-state index in [9.17, 15) is 46.3 Å². The summed E-state index contributed by atoms with van der Waals surface area (Å²) in [7, 11) is -11.6. The normalized spacial score (nSPS) is 13.8. The van der Waals surface area contributed by atoms with Crippen LogP contribution in [0, 0.1) is 39.7 Å². The van der Waals surface area contributed by atoms with Crippen LogP contribution in [0.3, 0.4) is 0 Å². The number of hydrogen-bond acceptors (Lipinski definition) is 6. The molecule has 10 nitrogen and oxygen atoms in total. The van der Waals surface area contributed by atoms with E-state index in [2.05, 4.69) is 0 Å². The minimum atomic E-state index is -5.88. The summed E-state index contributed by atoms with van der Waals surface area (Å²) in [6.45, 7) is 14.0. The minimum Gasteiger partial charge on any atom is -0.457 e. The number of hydrogen-bond donors (Lipinski definition) is 4. The highest BCUT2D eigenvalue weighted by atomic mass is 32.3. The zero-order chi connectivity index (χ0) is 47.6. The lowest BCUT2D eigenvalue weighted by Gasteiger charge is -2.46. The molecule has 0 fully saturated rings. The van der Waals surface area contributed by atoms with Gasteiger partial charge in [-0.1, -0.05) is 63.2 Å². The van der Waals surface area contributed by atoms with Crippen LogP contribution in [0.1, 0.15) is 94.9 Å². The fourth-order valence-electron chi connectivity index (χ4n) is 7.23. The highest BCUT2D eigenvalue weighted by molar-refractivity contribution is 8.12. The van der Waals surface area contributed by atoms with E-state index in [-0.39, 0.29) is 66.6 Å². The monoisotopic (exact) mass is 908 g/mol. The average molecular weight is 909 g/mol. The SMILES string of the molecule is CC(C)(C)Cc1cc(C(=O)c2cc(-c3cccc(F)c3C#N)ccc2-c2cccc(F)c2C#N)ccc1Oc1ccc2cc(S(=O)(O)(O)C(C)(C)C)cc(S(=O)(O)(O)C(C)(C)C)c2c1. The zero-order valence-electron chi connectivity index (χ0n) is 36.9. The number of carbonyl (C=O) groups is 1. The number of nitrogens with zero attached hydrogens (tertiary/aromatic N) is 2. The summed E-state index contributed by atoms with van der Waals surface area (Å²) >= 11 is 0. The maximum absolute atomic E-state index is 15.0. The smallest absolute Gasteiger partial charge is 0.193 e. The van der Waals surface area contributed by atoms with Crippen molar-refractivity contribution in [3.63, 3.8) is 0 Å². The number of ether oxygens (including phenoxy) is 1. The molecule has 0 unspecified atom stereocenters. The molecule has 6 aromatic rings. The summed E-state index contributed by atoms with van der Waals surface area (Å²) in [5.41, 5.74) is 0.777. The quantitative estimate of drug-likeness (QED) is 0.102. The maximum Gasteiger partial charge on any atom is 0.193 e. The van der Waals surface area contributed by atoms with Crippen molar-refractivity contribution in [1.29, 1.82) is 10.5 Å². The van der Waals surface area contributed by atoms with Gasteiger partial charge < -0.3 is 22.9 Å². The highest BCUT2D eigenvalue weighted by Gasteiger charge is 2.51. The van der Waals surface area contributed by atoms with Gasteiger partial charge in [-0.3, -0.25) is 4.79 Å². The predicted molar refractivity (Wildman–Crippen MR) is 247 cm³/mol. The Morgan fingerprint density at radius 2 is 1.23 bits per heavy atom. The van der Waals surface area contributed by atoms with Gasteiger partial charge in [0.15, 0.2) is 5.78 Å². The molecule has 0 atom stereocenters. The van der Waals surface area contributed by atoms with Crippen molar-refractivity contribution in [3.05, 3.63) is 143 Å². The number of benzene rings is 6. The van der Waals surface area contributed by atoms with Crippen LogP contribution in [-0.4, -0.2) is 41.9 Å². The first-order valence-electron chi connectivity index (χ1n) is 20.1. The van der Waals surface area contributed by atoms with E-state index in [4.69, 9.17) is 4.74 Å². The molecule has 334 valence electrons. The van der Waals surface area contributed by atoms with Crippen LogP contribution in [0.5, 0.6) is 11.5 Å². The zero-order valence-corrected chi connectivity index (χ0v) is 38.5. The van der Waals surface area contributed by atoms with E-state index in [1.165, 1.54) is 102 Å². The van der Waals surface area contributed by atoms with Crippen molar-refractivity contribution in [2.24, 2.45) is 5.41 Å². The molecule has 0 radical (unpaired) electrons. The second-order valence-corrected chi connectivity index (χ2v) is 25.9. The van der Waals surface area contributed by atoms with Crippen molar-refractivity contribution >= 4 is 35.8 Å². The molecule has 0 aliphatic carbocycles. The molecule has 0 bridgehead atoms. The van der Waals surface area contributed by atoms with Crippen LogP contribution in [0.2, 0.25) is 0 Å². The molecule has 6 aromatic carbocycles. The largest absolute Gasteiger partial charge is 0.457 e. The van der Waals surface area contributed by atoms with Gasteiger partial charge in [-0.2, -0.15) is 10.5 Å². The lowest BCUT2D eigenvalue weighted by molar-refractivity contribution is 0.103. The van der Waals surface area contributed by atoms with E-state index in [0.717, 1.165) is 18.2 Å². The summed E-state index contributed by atoms with van der Waals surface area (Å²) < 4.78 is 107. The first-order chi connectivity index (χ1) is 29.4. The molecule has 0 spiro atoms. The Morgan fingerprint density at radius 1 is 0.656 bits per heavy atom. The molecule has 0 heterocycles. The van der Waals surface area contributed by atoms with Gasteiger partial charge in [-0.05, 0) is 136 Å². The van der Waals surface area contributed by atoms with Crippen LogP contribution in [0.15, 0.2) is 113 Å². The van der Waals surface area contributed by atoms with Crippen molar-refractivity contribution in [2.75, 3.05) is 0 Å². The molecule has 0 aliphatic heterocycles.